The van der Waals surface area contributed by atoms with Gasteiger partial charge in [-0.2, -0.15) is 0 Å². The Morgan fingerprint density at radius 3 is 2.35 bits per heavy atom. The summed E-state index contributed by atoms with van der Waals surface area (Å²) in [5.74, 6) is 1.32. The third kappa shape index (κ3) is 3.82. The van der Waals surface area contributed by atoms with Gasteiger partial charge in [0.25, 0.3) is 0 Å². The summed E-state index contributed by atoms with van der Waals surface area (Å²) in [6.45, 7) is 2.51. The van der Waals surface area contributed by atoms with Crippen LogP contribution in [-0.2, 0) is 4.79 Å². The Hall–Kier alpha value is -2.07. The molecule has 1 heterocycles. The van der Waals surface area contributed by atoms with Gasteiger partial charge in [0.2, 0.25) is 0 Å². The minimum Gasteiger partial charge on any atom is -0.497 e. The zero-order valence-corrected chi connectivity index (χ0v) is 13.4. The monoisotopic (exact) mass is 313 g/mol. The number of carbonyl (C=O) groups is 1. The van der Waals surface area contributed by atoms with E-state index in [0.29, 0.717) is 24.0 Å². The van der Waals surface area contributed by atoms with Crippen LogP contribution in [0.2, 0.25) is 0 Å². The van der Waals surface area contributed by atoms with Gasteiger partial charge in [0.15, 0.2) is 0 Å². The Morgan fingerprint density at radius 2 is 1.83 bits per heavy atom. The highest BCUT2D eigenvalue weighted by molar-refractivity contribution is 5.92. The second-order valence-corrected chi connectivity index (χ2v) is 6.40. The van der Waals surface area contributed by atoms with Crippen LogP contribution in [0.1, 0.15) is 18.4 Å². The van der Waals surface area contributed by atoms with Crippen molar-refractivity contribution in [2.45, 2.75) is 12.8 Å². The lowest BCUT2D eigenvalue weighted by molar-refractivity contribution is -0.132. The first-order valence-corrected chi connectivity index (χ1v) is 8.11. The zero-order valence-electron chi connectivity index (χ0n) is 13.4. The molecule has 1 aromatic carbocycles. The van der Waals surface area contributed by atoms with E-state index in [2.05, 4.69) is 17.1 Å². The molecule has 0 unspecified atom stereocenters. The number of ether oxygens (including phenoxy) is 1. The van der Waals surface area contributed by atoms with Gasteiger partial charge in [-0.1, -0.05) is 24.3 Å². The van der Waals surface area contributed by atoms with Crippen molar-refractivity contribution in [3.63, 3.8) is 0 Å². The van der Waals surface area contributed by atoms with Crippen LogP contribution in [0.15, 0.2) is 42.0 Å². The van der Waals surface area contributed by atoms with Crippen molar-refractivity contribution in [1.82, 2.24) is 4.90 Å². The fourth-order valence-corrected chi connectivity index (χ4v) is 3.56. The smallest absolute Gasteiger partial charge is 0.332 e. The summed E-state index contributed by atoms with van der Waals surface area (Å²) in [7, 11) is 1.62. The minimum absolute atomic E-state index is 0.446. The van der Waals surface area contributed by atoms with Crippen molar-refractivity contribution in [2.75, 3.05) is 26.7 Å². The van der Waals surface area contributed by atoms with E-state index in [-0.39, 0.29) is 0 Å². The molecule has 4 heteroatoms. The molecule has 2 atom stereocenters. The maximum atomic E-state index is 11.6. The van der Waals surface area contributed by atoms with Crippen LogP contribution >= 0.6 is 0 Å². The molecule has 23 heavy (non-hydrogen) atoms. The fraction of sp³-hybridized carbons (Fsp3) is 0.421. The average Bonchev–Trinajstić information content (AvgIpc) is 2.97. The largest absolute Gasteiger partial charge is 0.497 e. The molecule has 2 aliphatic rings. The first-order valence-electron chi connectivity index (χ1n) is 8.11. The number of carboxylic acid groups (broad SMARTS) is 1. The van der Waals surface area contributed by atoms with E-state index in [0.717, 1.165) is 37.2 Å². The van der Waals surface area contributed by atoms with E-state index in [9.17, 15) is 9.90 Å². The number of fused-ring (bicyclic) bond motifs is 1. The van der Waals surface area contributed by atoms with E-state index in [4.69, 9.17) is 4.74 Å². The SMILES string of the molecule is COc1ccc(/C=C(\CN2C[C@H]3CC=CC[C@H]3C2)C(=O)O)cc1. The predicted molar refractivity (Wildman–Crippen MR) is 90.4 cm³/mol. The summed E-state index contributed by atoms with van der Waals surface area (Å²) in [5.41, 5.74) is 1.34. The molecule has 0 saturated carbocycles. The van der Waals surface area contributed by atoms with E-state index in [1.807, 2.05) is 24.3 Å². The molecular formula is C19H23NO3. The van der Waals surface area contributed by atoms with E-state index < -0.39 is 5.97 Å². The second-order valence-electron chi connectivity index (χ2n) is 6.40. The molecule has 0 amide bonds. The van der Waals surface area contributed by atoms with Gasteiger partial charge in [-0.3, -0.25) is 4.90 Å². The van der Waals surface area contributed by atoms with Crippen molar-refractivity contribution < 1.29 is 14.6 Å². The van der Waals surface area contributed by atoms with E-state index in [1.54, 1.807) is 13.2 Å². The van der Waals surface area contributed by atoms with Crippen LogP contribution < -0.4 is 4.74 Å². The third-order valence-corrected chi connectivity index (χ3v) is 4.82. The maximum Gasteiger partial charge on any atom is 0.332 e. The molecule has 1 aliphatic carbocycles. The third-order valence-electron chi connectivity index (χ3n) is 4.82. The summed E-state index contributed by atoms with van der Waals surface area (Å²) in [6, 6.07) is 7.47. The number of methoxy groups -OCH3 is 1. The Labute approximate surface area is 137 Å². The van der Waals surface area contributed by atoms with Gasteiger partial charge >= 0.3 is 5.97 Å². The number of likely N-dealkylation sites (tertiary alicyclic amines) is 1. The molecule has 0 bridgehead atoms. The molecule has 0 spiro atoms. The van der Waals surface area contributed by atoms with Crippen LogP contribution in [0.5, 0.6) is 5.75 Å². The zero-order chi connectivity index (χ0) is 16.2. The number of aliphatic carboxylic acids is 1. The molecule has 1 N–H and O–H groups in total. The summed E-state index contributed by atoms with van der Waals surface area (Å²) >= 11 is 0. The van der Waals surface area contributed by atoms with Crippen molar-refractivity contribution in [2.24, 2.45) is 11.8 Å². The maximum absolute atomic E-state index is 11.6. The Kier molecular flexibility index (Phi) is 4.82. The van der Waals surface area contributed by atoms with Crippen LogP contribution in [0.25, 0.3) is 6.08 Å². The molecule has 1 fully saturated rings. The minimum atomic E-state index is -0.839. The number of benzene rings is 1. The fourth-order valence-electron chi connectivity index (χ4n) is 3.56. The predicted octanol–water partition coefficient (Wildman–Crippen LogP) is 3.06. The molecule has 0 radical (unpaired) electrons. The van der Waals surface area contributed by atoms with Crippen molar-refractivity contribution >= 4 is 12.0 Å². The Balaban J connectivity index is 1.69. The molecule has 122 valence electrons. The highest BCUT2D eigenvalue weighted by Crippen LogP contribution is 2.33. The van der Waals surface area contributed by atoms with Crippen LogP contribution in [0, 0.1) is 11.8 Å². The molecule has 1 aromatic rings. The van der Waals surface area contributed by atoms with Crippen LogP contribution in [0.3, 0.4) is 0 Å². The lowest BCUT2D eigenvalue weighted by Crippen LogP contribution is -2.26. The van der Waals surface area contributed by atoms with Gasteiger partial charge in [-0.05, 0) is 48.4 Å². The number of nitrogens with zero attached hydrogens (tertiary/aromatic N) is 1. The lowest BCUT2D eigenvalue weighted by Gasteiger charge is -2.18. The normalized spacial score (nSPS) is 24.5. The van der Waals surface area contributed by atoms with Crippen LogP contribution in [0.4, 0.5) is 0 Å². The van der Waals surface area contributed by atoms with E-state index >= 15 is 0 Å². The van der Waals surface area contributed by atoms with Crippen molar-refractivity contribution in [3.05, 3.63) is 47.6 Å². The van der Waals surface area contributed by atoms with Gasteiger partial charge in [0.05, 0.1) is 12.7 Å². The van der Waals surface area contributed by atoms with Crippen molar-refractivity contribution in [3.8, 4) is 5.75 Å². The average molecular weight is 313 g/mol. The van der Waals surface area contributed by atoms with Crippen molar-refractivity contribution in [1.29, 1.82) is 0 Å². The molecule has 3 rings (SSSR count). The molecule has 4 nitrogen and oxygen atoms in total. The molecule has 1 saturated heterocycles. The number of hydrogen-bond donors (Lipinski definition) is 1. The molecule has 1 aliphatic heterocycles. The number of hydrogen-bond acceptors (Lipinski definition) is 3. The Bertz CT molecular complexity index is 602. The Morgan fingerprint density at radius 1 is 1.22 bits per heavy atom. The first kappa shape index (κ1) is 15.8. The van der Waals surface area contributed by atoms with Gasteiger partial charge in [0, 0.05) is 19.6 Å². The summed E-state index contributed by atoms with van der Waals surface area (Å²) in [6.07, 6.45) is 8.55. The molecule has 0 aromatic heterocycles. The van der Waals surface area contributed by atoms with Crippen LogP contribution in [-0.4, -0.2) is 42.7 Å². The van der Waals surface area contributed by atoms with Gasteiger partial charge < -0.3 is 9.84 Å². The lowest BCUT2D eigenvalue weighted by atomic mass is 9.86. The highest BCUT2D eigenvalue weighted by Gasteiger charge is 2.33. The van der Waals surface area contributed by atoms with Gasteiger partial charge in [-0.15, -0.1) is 0 Å². The van der Waals surface area contributed by atoms with Gasteiger partial charge in [0.1, 0.15) is 5.75 Å². The van der Waals surface area contributed by atoms with Gasteiger partial charge in [-0.25, -0.2) is 4.79 Å². The highest BCUT2D eigenvalue weighted by atomic mass is 16.5. The summed E-state index contributed by atoms with van der Waals surface area (Å²) < 4.78 is 5.13. The van der Waals surface area contributed by atoms with E-state index in [1.165, 1.54) is 0 Å². The number of rotatable bonds is 5. The first-order chi connectivity index (χ1) is 11.2. The second kappa shape index (κ2) is 7.01. The number of carboxylic acids is 1. The number of allylic oxidation sites excluding steroid dienone is 2. The standard InChI is InChI=1S/C19H23NO3/c1-23-18-8-6-14(7-9-18)10-17(19(21)22)13-20-11-15-4-2-3-5-16(15)12-20/h2-3,6-10,15-16H,4-5,11-13H2,1H3,(H,21,22)/b17-10+/t15-,16+. The summed E-state index contributed by atoms with van der Waals surface area (Å²) in [4.78, 5) is 13.9. The molecular weight excluding hydrogens is 290 g/mol. The quantitative estimate of drug-likeness (QED) is 0.670. The summed E-state index contributed by atoms with van der Waals surface area (Å²) in [5, 5.41) is 9.52. The topological polar surface area (TPSA) is 49.8 Å².